The highest BCUT2D eigenvalue weighted by molar-refractivity contribution is 6.06. The number of hydrogen-bond donors (Lipinski definition) is 2. The van der Waals surface area contributed by atoms with Gasteiger partial charge in [0.1, 0.15) is 5.82 Å². The van der Waals surface area contributed by atoms with Gasteiger partial charge in [-0.1, -0.05) is 30.3 Å². The Hall–Kier alpha value is -4.26. The van der Waals surface area contributed by atoms with Crippen LogP contribution >= 0.6 is 0 Å². The summed E-state index contributed by atoms with van der Waals surface area (Å²) in [7, 11) is 0. The SMILES string of the molecule is C[C@H](NC(=O)c1ccc2ncc3c(=O)n(-c4ccc(F)cc4)[nH]c3c2c1)c1ccccc1. The molecule has 1 amide bonds. The average Bonchev–Trinajstić information content (AvgIpc) is 3.16. The van der Waals surface area contributed by atoms with Crippen molar-refractivity contribution in [3.8, 4) is 5.69 Å². The van der Waals surface area contributed by atoms with Crippen molar-refractivity contribution in [2.45, 2.75) is 13.0 Å². The monoisotopic (exact) mass is 426 g/mol. The third-order valence-electron chi connectivity index (χ3n) is 5.52. The number of pyridine rings is 1. The summed E-state index contributed by atoms with van der Waals surface area (Å²) in [5.74, 6) is -0.606. The van der Waals surface area contributed by atoms with Gasteiger partial charge < -0.3 is 5.32 Å². The highest BCUT2D eigenvalue weighted by Crippen LogP contribution is 2.23. The molecule has 0 bridgehead atoms. The molecule has 0 spiro atoms. The molecule has 2 heterocycles. The molecule has 2 N–H and O–H groups in total. The van der Waals surface area contributed by atoms with Crippen molar-refractivity contribution in [1.82, 2.24) is 20.1 Å². The van der Waals surface area contributed by atoms with Crippen LogP contribution in [-0.2, 0) is 0 Å². The fraction of sp³-hybridized carbons (Fsp3) is 0.0800. The second-order valence-electron chi connectivity index (χ2n) is 7.61. The molecule has 2 aromatic heterocycles. The molecule has 5 rings (SSSR count). The zero-order valence-electron chi connectivity index (χ0n) is 17.2. The number of aromatic nitrogens is 3. The first-order valence-electron chi connectivity index (χ1n) is 10.2. The summed E-state index contributed by atoms with van der Waals surface area (Å²) in [6, 6.07) is 20.4. The topological polar surface area (TPSA) is 79.8 Å². The van der Waals surface area contributed by atoms with Crippen LogP contribution in [0.3, 0.4) is 0 Å². The van der Waals surface area contributed by atoms with E-state index in [-0.39, 0.29) is 23.3 Å². The number of amides is 1. The molecular formula is C25H19FN4O2. The van der Waals surface area contributed by atoms with Gasteiger partial charge in [0.05, 0.1) is 28.1 Å². The van der Waals surface area contributed by atoms with Crippen LogP contribution < -0.4 is 10.9 Å². The van der Waals surface area contributed by atoms with Crippen LogP contribution in [0.2, 0.25) is 0 Å². The third-order valence-corrected chi connectivity index (χ3v) is 5.52. The number of benzene rings is 3. The number of carbonyl (C=O) groups is 1. The molecule has 32 heavy (non-hydrogen) atoms. The van der Waals surface area contributed by atoms with Crippen molar-refractivity contribution in [1.29, 1.82) is 0 Å². The van der Waals surface area contributed by atoms with Crippen LogP contribution in [0.4, 0.5) is 4.39 Å². The van der Waals surface area contributed by atoms with Crippen molar-refractivity contribution in [3.63, 3.8) is 0 Å². The Morgan fingerprint density at radius 1 is 1.03 bits per heavy atom. The standard InChI is InChI=1S/C25H19FN4O2/c1-15(16-5-3-2-4-6-16)28-24(31)17-7-12-22-20(13-17)23-21(14-27-22)25(32)30(29-23)19-10-8-18(26)9-11-19/h2-15,29H,1H3,(H,28,31)/t15-/m0/s1. The maximum atomic E-state index is 13.3. The van der Waals surface area contributed by atoms with E-state index in [0.29, 0.717) is 33.1 Å². The van der Waals surface area contributed by atoms with E-state index in [1.54, 1.807) is 18.2 Å². The van der Waals surface area contributed by atoms with E-state index < -0.39 is 0 Å². The van der Waals surface area contributed by atoms with Gasteiger partial charge in [-0.15, -0.1) is 0 Å². The number of aromatic amines is 1. The van der Waals surface area contributed by atoms with Gasteiger partial charge in [-0.25, -0.2) is 9.07 Å². The normalized spacial score (nSPS) is 12.2. The quantitative estimate of drug-likeness (QED) is 0.444. The molecule has 5 aromatic rings. The van der Waals surface area contributed by atoms with Crippen LogP contribution in [0.15, 0.2) is 83.8 Å². The van der Waals surface area contributed by atoms with Gasteiger partial charge in [0.25, 0.3) is 11.5 Å². The Kier molecular flexibility index (Phi) is 4.78. The highest BCUT2D eigenvalue weighted by atomic mass is 19.1. The molecule has 0 aliphatic rings. The maximum absolute atomic E-state index is 13.3. The summed E-state index contributed by atoms with van der Waals surface area (Å²) >= 11 is 0. The highest BCUT2D eigenvalue weighted by Gasteiger charge is 2.16. The van der Waals surface area contributed by atoms with Crippen molar-refractivity contribution in [2.24, 2.45) is 0 Å². The van der Waals surface area contributed by atoms with E-state index >= 15 is 0 Å². The van der Waals surface area contributed by atoms with Gasteiger partial charge in [0.2, 0.25) is 0 Å². The van der Waals surface area contributed by atoms with E-state index in [0.717, 1.165) is 5.56 Å². The second-order valence-corrected chi connectivity index (χ2v) is 7.61. The van der Waals surface area contributed by atoms with Crippen LogP contribution in [0, 0.1) is 5.82 Å². The summed E-state index contributed by atoms with van der Waals surface area (Å²) < 4.78 is 14.6. The minimum Gasteiger partial charge on any atom is -0.346 e. The van der Waals surface area contributed by atoms with E-state index in [2.05, 4.69) is 15.4 Å². The molecule has 0 saturated carbocycles. The first-order valence-corrected chi connectivity index (χ1v) is 10.2. The van der Waals surface area contributed by atoms with Gasteiger partial charge in [-0.05, 0) is 55.0 Å². The van der Waals surface area contributed by atoms with Crippen LogP contribution in [0.5, 0.6) is 0 Å². The molecule has 0 fully saturated rings. The summed E-state index contributed by atoms with van der Waals surface area (Å²) in [6.07, 6.45) is 1.51. The lowest BCUT2D eigenvalue weighted by Crippen LogP contribution is -2.26. The van der Waals surface area contributed by atoms with Crippen molar-refractivity contribution < 1.29 is 9.18 Å². The molecule has 0 aliphatic heterocycles. The molecule has 7 heteroatoms. The molecule has 0 unspecified atom stereocenters. The Morgan fingerprint density at radius 3 is 2.53 bits per heavy atom. The zero-order chi connectivity index (χ0) is 22.2. The zero-order valence-corrected chi connectivity index (χ0v) is 17.2. The predicted octanol–water partition coefficient (Wildman–Crippen LogP) is 4.50. The van der Waals surface area contributed by atoms with Crippen LogP contribution in [0.25, 0.3) is 27.5 Å². The molecule has 3 aromatic carbocycles. The lowest BCUT2D eigenvalue weighted by molar-refractivity contribution is 0.0940. The van der Waals surface area contributed by atoms with Crippen molar-refractivity contribution in [3.05, 3.63) is 106 Å². The number of nitrogens with one attached hydrogen (secondary N) is 2. The van der Waals surface area contributed by atoms with Gasteiger partial charge in [-0.2, -0.15) is 0 Å². The average molecular weight is 426 g/mol. The summed E-state index contributed by atoms with van der Waals surface area (Å²) in [5.41, 5.74) is 2.89. The van der Waals surface area contributed by atoms with Gasteiger partial charge in [0.15, 0.2) is 0 Å². The Labute approximate surface area is 182 Å². The molecule has 6 nitrogen and oxygen atoms in total. The van der Waals surface area contributed by atoms with Crippen molar-refractivity contribution in [2.75, 3.05) is 0 Å². The number of fused-ring (bicyclic) bond motifs is 3. The van der Waals surface area contributed by atoms with Crippen LogP contribution in [-0.4, -0.2) is 20.7 Å². The minimum absolute atomic E-state index is 0.160. The molecule has 0 aliphatic carbocycles. The number of H-pyrrole nitrogens is 1. The molecule has 0 saturated heterocycles. The van der Waals surface area contributed by atoms with Crippen LogP contribution in [0.1, 0.15) is 28.9 Å². The Balaban J connectivity index is 1.56. The number of nitrogens with zero attached hydrogens (tertiary/aromatic N) is 2. The Morgan fingerprint density at radius 2 is 1.78 bits per heavy atom. The number of halogens is 1. The predicted molar refractivity (Wildman–Crippen MR) is 121 cm³/mol. The van der Waals surface area contributed by atoms with Gasteiger partial charge in [0, 0.05) is 17.1 Å². The van der Waals surface area contributed by atoms with Gasteiger partial charge >= 0.3 is 0 Å². The maximum Gasteiger partial charge on any atom is 0.280 e. The molecule has 1 atom stereocenters. The van der Waals surface area contributed by atoms with Gasteiger partial charge in [-0.3, -0.25) is 19.7 Å². The molecule has 158 valence electrons. The largest absolute Gasteiger partial charge is 0.346 e. The molecule has 0 radical (unpaired) electrons. The fourth-order valence-electron chi connectivity index (χ4n) is 3.78. The first kappa shape index (κ1) is 19.7. The van der Waals surface area contributed by atoms with E-state index in [9.17, 15) is 14.0 Å². The lowest BCUT2D eigenvalue weighted by atomic mass is 10.1. The number of carbonyl (C=O) groups excluding carboxylic acids is 1. The lowest BCUT2D eigenvalue weighted by Gasteiger charge is -2.14. The van der Waals surface area contributed by atoms with E-state index in [4.69, 9.17) is 0 Å². The van der Waals surface area contributed by atoms with E-state index in [1.165, 1.54) is 35.1 Å². The number of rotatable bonds is 4. The summed E-state index contributed by atoms with van der Waals surface area (Å²) in [6.45, 7) is 1.92. The minimum atomic E-state index is -0.384. The Bertz CT molecular complexity index is 1500. The number of hydrogen-bond acceptors (Lipinski definition) is 3. The summed E-state index contributed by atoms with van der Waals surface area (Å²) in [4.78, 5) is 30.2. The summed E-state index contributed by atoms with van der Waals surface area (Å²) in [5, 5.41) is 7.13. The first-order chi connectivity index (χ1) is 15.5. The smallest absolute Gasteiger partial charge is 0.280 e. The third kappa shape index (κ3) is 3.43. The molecular weight excluding hydrogens is 407 g/mol. The van der Waals surface area contributed by atoms with Crippen molar-refractivity contribution >= 4 is 27.7 Å². The fourth-order valence-corrected chi connectivity index (χ4v) is 3.78. The van der Waals surface area contributed by atoms with E-state index in [1.807, 2.05) is 37.3 Å². The second kappa shape index (κ2) is 7.77.